The average Bonchev–Trinajstić information content (AvgIpc) is 2.34. The lowest BCUT2D eigenvalue weighted by Gasteiger charge is -2.14. The summed E-state index contributed by atoms with van der Waals surface area (Å²) in [6.07, 6.45) is 0. The largest absolute Gasteiger partial charge is 0.468 e. The molecule has 1 aromatic rings. The van der Waals surface area contributed by atoms with Crippen molar-refractivity contribution in [3.05, 3.63) is 28.2 Å². The van der Waals surface area contributed by atoms with E-state index < -0.39 is 28.6 Å². The normalized spacial score (nSPS) is 13.1. The van der Waals surface area contributed by atoms with Crippen LogP contribution in [-0.2, 0) is 19.6 Å². The number of sulfonamides is 1. The maximum atomic E-state index is 12.0. The molecule has 0 amide bonds. The van der Waals surface area contributed by atoms with Gasteiger partial charge in [-0.05, 0) is 18.2 Å². The fourth-order valence-corrected chi connectivity index (χ4v) is 3.14. The number of nitrogens with one attached hydrogen (secondary N) is 1. The lowest BCUT2D eigenvalue weighted by atomic mass is 10.3. The summed E-state index contributed by atoms with van der Waals surface area (Å²) in [6.45, 7) is -0.736. The zero-order valence-electron chi connectivity index (χ0n) is 9.76. The maximum Gasteiger partial charge on any atom is 0.326 e. The van der Waals surface area contributed by atoms with Crippen LogP contribution >= 0.6 is 23.2 Å². The van der Waals surface area contributed by atoms with Crippen LogP contribution in [0.2, 0.25) is 10.0 Å². The lowest BCUT2D eigenvalue weighted by Crippen LogP contribution is -2.43. The van der Waals surface area contributed by atoms with E-state index in [-0.39, 0.29) is 14.9 Å². The van der Waals surface area contributed by atoms with Gasteiger partial charge in [0.15, 0.2) is 0 Å². The second-order valence-electron chi connectivity index (χ2n) is 3.48. The minimum Gasteiger partial charge on any atom is -0.468 e. The summed E-state index contributed by atoms with van der Waals surface area (Å²) in [7, 11) is -2.97. The van der Waals surface area contributed by atoms with Crippen molar-refractivity contribution < 1.29 is 23.1 Å². The third kappa shape index (κ3) is 4.32. The van der Waals surface area contributed by atoms with Crippen LogP contribution in [-0.4, -0.2) is 39.3 Å². The topological polar surface area (TPSA) is 92.7 Å². The highest BCUT2D eigenvalue weighted by molar-refractivity contribution is 7.89. The van der Waals surface area contributed by atoms with Crippen LogP contribution in [0.15, 0.2) is 23.1 Å². The Bertz CT molecular complexity index is 555. The number of benzene rings is 1. The first-order valence-corrected chi connectivity index (χ1v) is 7.21. The number of ether oxygens (including phenoxy) is 1. The molecule has 1 atom stereocenters. The monoisotopic (exact) mass is 327 g/mol. The number of aliphatic hydroxyl groups excluding tert-OH is 1. The van der Waals surface area contributed by atoms with Gasteiger partial charge in [0.25, 0.3) is 0 Å². The van der Waals surface area contributed by atoms with Crippen LogP contribution in [0.3, 0.4) is 0 Å². The molecule has 0 bridgehead atoms. The highest BCUT2D eigenvalue weighted by atomic mass is 35.5. The summed E-state index contributed by atoms with van der Waals surface area (Å²) in [5.41, 5.74) is 0. The Balaban J connectivity index is 3.07. The van der Waals surface area contributed by atoms with Gasteiger partial charge in [-0.15, -0.1) is 0 Å². The third-order valence-corrected chi connectivity index (χ3v) is 4.00. The Morgan fingerprint density at radius 2 is 1.89 bits per heavy atom. The first-order chi connectivity index (χ1) is 8.80. The average molecular weight is 328 g/mol. The van der Waals surface area contributed by atoms with Crippen LogP contribution in [0, 0.1) is 0 Å². The van der Waals surface area contributed by atoms with Crippen molar-refractivity contribution in [2.45, 2.75) is 10.9 Å². The predicted octanol–water partition coefficient (Wildman–Crippen LogP) is 0.806. The molecule has 2 N–H and O–H groups in total. The van der Waals surface area contributed by atoms with E-state index in [0.717, 1.165) is 7.11 Å². The van der Waals surface area contributed by atoms with Crippen molar-refractivity contribution in [1.29, 1.82) is 0 Å². The summed E-state index contributed by atoms with van der Waals surface area (Å²) in [4.78, 5) is 11.0. The van der Waals surface area contributed by atoms with E-state index in [1.54, 1.807) is 0 Å². The molecule has 9 heteroatoms. The number of carbonyl (C=O) groups is 1. The fraction of sp³-hybridized carbons (Fsp3) is 0.300. The zero-order chi connectivity index (χ0) is 14.6. The van der Waals surface area contributed by atoms with Gasteiger partial charge in [0.05, 0.1) is 18.6 Å². The number of esters is 1. The van der Waals surface area contributed by atoms with Gasteiger partial charge in [-0.3, -0.25) is 4.79 Å². The van der Waals surface area contributed by atoms with Gasteiger partial charge in [-0.1, -0.05) is 23.2 Å². The summed E-state index contributed by atoms with van der Waals surface area (Å²) >= 11 is 11.4. The van der Waals surface area contributed by atoms with Crippen molar-refractivity contribution in [3.63, 3.8) is 0 Å². The van der Waals surface area contributed by atoms with E-state index in [9.17, 15) is 13.2 Å². The Morgan fingerprint density at radius 1 is 1.37 bits per heavy atom. The van der Waals surface area contributed by atoms with Crippen LogP contribution in [0.5, 0.6) is 0 Å². The highest BCUT2D eigenvalue weighted by Crippen LogP contribution is 2.22. The molecule has 0 heterocycles. The van der Waals surface area contributed by atoms with E-state index in [2.05, 4.69) is 4.74 Å². The molecule has 0 saturated heterocycles. The lowest BCUT2D eigenvalue weighted by molar-refractivity contribution is -0.143. The summed E-state index contributed by atoms with van der Waals surface area (Å²) < 4.78 is 30.3. The van der Waals surface area contributed by atoms with Crippen molar-refractivity contribution in [2.75, 3.05) is 13.7 Å². The van der Waals surface area contributed by atoms with Gasteiger partial charge in [-0.25, -0.2) is 8.42 Å². The van der Waals surface area contributed by atoms with Crippen molar-refractivity contribution in [3.8, 4) is 0 Å². The van der Waals surface area contributed by atoms with Gasteiger partial charge < -0.3 is 9.84 Å². The Morgan fingerprint density at radius 3 is 2.32 bits per heavy atom. The SMILES string of the molecule is COC(=O)[C@H](CO)NS(=O)(=O)c1cc(Cl)cc(Cl)c1. The predicted molar refractivity (Wildman–Crippen MR) is 69.7 cm³/mol. The molecular weight excluding hydrogens is 317 g/mol. The molecule has 6 nitrogen and oxygen atoms in total. The Kier molecular flexibility index (Phi) is 5.57. The number of hydrogen-bond donors (Lipinski definition) is 2. The maximum absolute atomic E-state index is 12.0. The summed E-state index contributed by atoms with van der Waals surface area (Å²) in [6, 6.07) is 2.31. The molecular formula is C10H11Cl2NO5S. The van der Waals surface area contributed by atoms with Crippen molar-refractivity contribution in [1.82, 2.24) is 4.72 Å². The second-order valence-corrected chi connectivity index (χ2v) is 6.07. The molecule has 0 fully saturated rings. The second kappa shape index (κ2) is 6.53. The molecule has 1 rings (SSSR count). The number of halogens is 2. The van der Waals surface area contributed by atoms with Gasteiger partial charge in [0, 0.05) is 10.0 Å². The van der Waals surface area contributed by atoms with E-state index in [4.69, 9.17) is 28.3 Å². The molecule has 0 aromatic heterocycles. The first kappa shape index (κ1) is 16.2. The smallest absolute Gasteiger partial charge is 0.326 e. The number of aliphatic hydroxyl groups is 1. The molecule has 0 spiro atoms. The molecule has 0 saturated carbocycles. The summed E-state index contributed by atoms with van der Waals surface area (Å²) in [5.74, 6) is -0.904. The molecule has 19 heavy (non-hydrogen) atoms. The van der Waals surface area contributed by atoms with Crippen molar-refractivity contribution >= 4 is 39.2 Å². The van der Waals surface area contributed by atoms with Crippen LogP contribution in [0.25, 0.3) is 0 Å². The molecule has 0 aliphatic heterocycles. The Labute approximate surface area is 120 Å². The quantitative estimate of drug-likeness (QED) is 0.780. The summed E-state index contributed by atoms with van der Waals surface area (Å²) in [5, 5.41) is 9.23. The van der Waals surface area contributed by atoms with Gasteiger partial charge in [-0.2, -0.15) is 4.72 Å². The molecule has 0 aliphatic rings. The van der Waals surface area contributed by atoms with Gasteiger partial charge in [0.1, 0.15) is 6.04 Å². The molecule has 106 valence electrons. The molecule has 0 unspecified atom stereocenters. The molecule has 1 aromatic carbocycles. The molecule has 0 aliphatic carbocycles. The number of carbonyl (C=O) groups excluding carboxylic acids is 1. The van der Waals surface area contributed by atoms with E-state index in [1.165, 1.54) is 18.2 Å². The first-order valence-electron chi connectivity index (χ1n) is 4.97. The third-order valence-electron chi connectivity index (χ3n) is 2.11. The number of hydrogen-bond acceptors (Lipinski definition) is 5. The van der Waals surface area contributed by atoms with Crippen LogP contribution in [0.4, 0.5) is 0 Å². The van der Waals surface area contributed by atoms with Crippen LogP contribution in [0.1, 0.15) is 0 Å². The van der Waals surface area contributed by atoms with Crippen LogP contribution < -0.4 is 4.72 Å². The number of rotatable bonds is 5. The van der Waals surface area contributed by atoms with Gasteiger partial charge in [0.2, 0.25) is 10.0 Å². The minimum absolute atomic E-state index is 0.131. The van der Waals surface area contributed by atoms with E-state index in [0.29, 0.717) is 0 Å². The zero-order valence-corrected chi connectivity index (χ0v) is 12.1. The Hall–Kier alpha value is -0.860. The van der Waals surface area contributed by atoms with E-state index in [1.807, 2.05) is 4.72 Å². The minimum atomic E-state index is -4.05. The van der Waals surface area contributed by atoms with Gasteiger partial charge >= 0.3 is 5.97 Å². The number of methoxy groups -OCH3 is 1. The standard InChI is InChI=1S/C10H11Cl2NO5S/c1-18-10(15)9(5-14)13-19(16,17)8-3-6(11)2-7(12)4-8/h2-4,9,13-14H,5H2,1H3/t9-/m0/s1. The fourth-order valence-electron chi connectivity index (χ4n) is 1.24. The highest BCUT2D eigenvalue weighted by Gasteiger charge is 2.26. The van der Waals surface area contributed by atoms with E-state index >= 15 is 0 Å². The van der Waals surface area contributed by atoms with Crippen molar-refractivity contribution in [2.24, 2.45) is 0 Å². The molecule has 0 radical (unpaired) electrons.